The highest BCUT2D eigenvalue weighted by molar-refractivity contribution is 7.99. The van der Waals surface area contributed by atoms with E-state index < -0.39 is 29.6 Å². The largest absolute Gasteiger partial charge is 0.419 e. The number of nitrogens with two attached hydrogens (primary N) is 1. The van der Waals surface area contributed by atoms with Crippen molar-refractivity contribution in [1.29, 1.82) is 0 Å². The smallest absolute Gasteiger partial charge is 0.355 e. The predicted octanol–water partition coefficient (Wildman–Crippen LogP) is 6.15. The van der Waals surface area contributed by atoms with E-state index in [0.29, 0.717) is 36.2 Å². The van der Waals surface area contributed by atoms with Crippen molar-refractivity contribution in [3.63, 3.8) is 0 Å². The summed E-state index contributed by atoms with van der Waals surface area (Å²) < 4.78 is 43.6. The number of hydrogen-bond donors (Lipinski definition) is 4. The minimum Gasteiger partial charge on any atom is -0.355 e. The number of pyridine rings is 1. The van der Waals surface area contributed by atoms with Gasteiger partial charge in [-0.3, -0.25) is 29.3 Å². The van der Waals surface area contributed by atoms with Crippen LogP contribution in [0, 0.1) is 5.41 Å². The first kappa shape index (κ1) is 48.9. The number of imide groups is 1. The lowest BCUT2D eigenvalue weighted by atomic mass is 9.79. The fourth-order valence-corrected chi connectivity index (χ4v) is 11.0. The van der Waals surface area contributed by atoms with Crippen LogP contribution in [0.2, 0.25) is 0 Å². The van der Waals surface area contributed by atoms with Crippen LogP contribution in [0.4, 0.5) is 30.5 Å². The van der Waals surface area contributed by atoms with Crippen LogP contribution in [-0.2, 0) is 33.6 Å². The van der Waals surface area contributed by atoms with Crippen molar-refractivity contribution in [3.8, 4) is 0 Å². The Balaban J connectivity index is 0.677. The monoisotopic (exact) mass is 981 g/mol. The summed E-state index contributed by atoms with van der Waals surface area (Å²) in [6.07, 6.45) is 6.99. The highest BCUT2D eigenvalue weighted by Crippen LogP contribution is 2.44. The highest BCUT2D eigenvalue weighted by atomic mass is 32.2. The molecular formula is C50H58F3N11O5S. The summed E-state index contributed by atoms with van der Waals surface area (Å²) in [6.45, 7) is 7.30. The van der Waals surface area contributed by atoms with Crippen LogP contribution < -0.4 is 31.5 Å². The summed E-state index contributed by atoms with van der Waals surface area (Å²) in [6, 6.07) is 12.8. The molecule has 0 radical (unpaired) electrons. The number of carbonyl (C=O) groups excluding carboxylic acids is 5. The molecule has 1 spiro atoms. The number of nitrogens with zero attached hydrogens (tertiary/aromatic N) is 7. The molecule has 2 aromatic carbocycles. The van der Waals surface area contributed by atoms with Crippen LogP contribution in [0.15, 0.2) is 77.0 Å². The van der Waals surface area contributed by atoms with Gasteiger partial charge in [0.1, 0.15) is 22.7 Å². The third kappa shape index (κ3) is 11.4. The van der Waals surface area contributed by atoms with Gasteiger partial charge in [0.25, 0.3) is 11.8 Å². The van der Waals surface area contributed by atoms with Gasteiger partial charge in [-0.1, -0.05) is 42.8 Å². The Morgan fingerprint density at radius 3 is 2.44 bits per heavy atom. The molecule has 0 bridgehead atoms. The number of alkyl halides is 3. The third-order valence-electron chi connectivity index (χ3n) is 14.1. The van der Waals surface area contributed by atoms with Gasteiger partial charge < -0.3 is 36.0 Å². The molecule has 16 nitrogen and oxygen atoms in total. The fourth-order valence-electron chi connectivity index (χ4n) is 10.2. The van der Waals surface area contributed by atoms with E-state index in [4.69, 9.17) is 5.73 Å². The van der Waals surface area contributed by atoms with Crippen LogP contribution >= 0.6 is 11.8 Å². The zero-order chi connectivity index (χ0) is 49.2. The van der Waals surface area contributed by atoms with Crippen LogP contribution in [0.3, 0.4) is 0 Å². The Morgan fingerprint density at radius 2 is 1.69 bits per heavy atom. The first-order valence-corrected chi connectivity index (χ1v) is 24.8. The van der Waals surface area contributed by atoms with E-state index in [1.807, 2.05) is 24.3 Å². The Morgan fingerprint density at radius 1 is 0.900 bits per heavy atom. The van der Waals surface area contributed by atoms with Gasteiger partial charge in [-0.25, -0.2) is 15.0 Å². The van der Waals surface area contributed by atoms with Crippen molar-refractivity contribution >= 4 is 58.6 Å². The lowest BCUT2D eigenvalue weighted by Gasteiger charge is -2.48. The number of likely N-dealkylation sites (tertiary alicyclic amines) is 1. The molecule has 0 saturated carbocycles. The molecule has 4 fully saturated rings. The maximum absolute atomic E-state index is 14.5. The number of halogens is 3. The molecule has 5 N–H and O–H groups in total. The summed E-state index contributed by atoms with van der Waals surface area (Å²) >= 11 is 1.49. The van der Waals surface area contributed by atoms with Crippen molar-refractivity contribution < 1.29 is 37.1 Å². The molecule has 370 valence electrons. The van der Waals surface area contributed by atoms with Crippen LogP contribution in [0.5, 0.6) is 0 Å². The number of anilines is 3. The molecule has 5 aliphatic rings. The Bertz CT molecular complexity index is 2630. The van der Waals surface area contributed by atoms with Crippen molar-refractivity contribution in [1.82, 2.24) is 35.4 Å². The lowest BCUT2D eigenvalue weighted by molar-refractivity contribution is -0.138. The number of hydrogen-bond acceptors (Lipinski definition) is 13. The molecule has 0 aliphatic carbocycles. The van der Waals surface area contributed by atoms with E-state index in [2.05, 4.69) is 47.6 Å². The second kappa shape index (κ2) is 20.3. The second-order valence-electron chi connectivity index (χ2n) is 19.7. The zero-order valence-corrected chi connectivity index (χ0v) is 40.0. The number of benzene rings is 2. The number of aromatic nitrogens is 3. The number of nitrogens with one attached hydrogen (secondary N) is 3. The van der Waals surface area contributed by atoms with Crippen molar-refractivity contribution in [2.75, 3.05) is 60.9 Å². The number of rotatable bonds is 16. The predicted molar refractivity (Wildman–Crippen MR) is 257 cm³/mol. The van der Waals surface area contributed by atoms with Crippen LogP contribution in [0.25, 0.3) is 0 Å². The van der Waals surface area contributed by atoms with Crippen molar-refractivity contribution in [3.05, 3.63) is 94.9 Å². The third-order valence-corrected chi connectivity index (χ3v) is 15.1. The molecule has 5 amide bonds. The first-order chi connectivity index (χ1) is 33.5. The minimum absolute atomic E-state index is 0.0103. The Hall–Kier alpha value is -6.12. The second-order valence-corrected chi connectivity index (χ2v) is 20.8. The van der Waals surface area contributed by atoms with Gasteiger partial charge in [0.05, 0.1) is 23.5 Å². The Labute approximate surface area is 408 Å². The molecule has 4 saturated heterocycles. The molecule has 2 aromatic heterocycles. The fraction of sp³-hybridized carbons (Fsp3) is 0.480. The van der Waals surface area contributed by atoms with Gasteiger partial charge in [-0.05, 0) is 93.5 Å². The van der Waals surface area contributed by atoms with Gasteiger partial charge >= 0.3 is 6.18 Å². The number of unbranched alkanes of at least 4 members (excludes halogenated alkanes) is 3. The Kier molecular flexibility index (Phi) is 14.2. The van der Waals surface area contributed by atoms with E-state index in [9.17, 15) is 37.1 Å². The standard InChI is InChI=1S/C50H58F3N11O5S/c1-48(54)14-18-62(19-15-48)40-26-56-43(27-55-40)70-36-8-6-7-35(23-36)59-41(65)9-4-2-3-5-17-61-29-49(30-61)16-20-63(31-49)44-38(50(51,52)53)22-33(25-57-44)45(67)58-24-32-10-11-37-34(21-32)28-64(47(37)69)39-12-13-42(66)60-46(39)68/h6-8,10-11,21-23,25-27,39H,2-5,9,12-20,24,28-31,54H2,1H3,(H,58,67)(H,59,65)(H,60,66,68). The van der Waals surface area contributed by atoms with E-state index in [-0.39, 0.29) is 66.0 Å². The van der Waals surface area contributed by atoms with Gasteiger partial charge in [0, 0.05) is 98.5 Å². The summed E-state index contributed by atoms with van der Waals surface area (Å²) in [7, 11) is 0. The summed E-state index contributed by atoms with van der Waals surface area (Å²) in [4.78, 5) is 85.1. The molecule has 5 aliphatic heterocycles. The lowest BCUT2D eigenvalue weighted by Crippen LogP contribution is -2.57. The van der Waals surface area contributed by atoms with E-state index >= 15 is 0 Å². The van der Waals surface area contributed by atoms with Gasteiger partial charge in [0.2, 0.25) is 17.7 Å². The normalized spacial score (nSPS) is 19.8. The summed E-state index contributed by atoms with van der Waals surface area (Å²) in [5.74, 6) is -1.31. The molecule has 1 atom stereocenters. The van der Waals surface area contributed by atoms with E-state index in [1.165, 1.54) is 22.9 Å². The SMILES string of the molecule is CC1(N)CCN(c2cnc(Sc3cccc(NC(=O)CCCCCCN4CC5(CCN(c6ncc(C(=O)NCc7ccc8c(c7)CN(C7CCC(=O)NC7=O)C8=O)cc6C(F)(F)F)C5)C4)c3)cn2)CC1. The number of amides is 5. The number of fused-ring (bicyclic) bond motifs is 1. The van der Waals surface area contributed by atoms with Gasteiger partial charge in [-0.2, -0.15) is 13.2 Å². The van der Waals surface area contributed by atoms with Crippen molar-refractivity contribution in [2.24, 2.45) is 11.1 Å². The zero-order valence-electron chi connectivity index (χ0n) is 39.2. The maximum atomic E-state index is 14.5. The van der Waals surface area contributed by atoms with Gasteiger partial charge in [0.15, 0.2) is 0 Å². The molecule has 70 heavy (non-hydrogen) atoms. The molecule has 7 heterocycles. The molecule has 4 aromatic rings. The number of carbonyl (C=O) groups is 5. The van der Waals surface area contributed by atoms with E-state index in [1.54, 1.807) is 35.5 Å². The summed E-state index contributed by atoms with van der Waals surface area (Å²) in [5, 5.41) is 8.74. The topological polar surface area (TPSA) is 199 Å². The quantitative estimate of drug-likeness (QED) is 0.0737. The summed E-state index contributed by atoms with van der Waals surface area (Å²) in [5.41, 5.74) is 7.27. The average Bonchev–Trinajstić information content (AvgIpc) is 3.90. The molecule has 1 unspecified atom stereocenters. The highest BCUT2D eigenvalue weighted by Gasteiger charge is 2.49. The van der Waals surface area contributed by atoms with Crippen LogP contribution in [-0.4, -0.2) is 112 Å². The first-order valence-electron chi connectivity index (χ1n) is 24.0. The van der Waals surface area contributed by atoms with Crippen molar-refractivity contribution in [2.45, 2.75) is 112 Å². The van der Waals surface area contributed by atoms with Crippen LogP contribution in [0.1, 0.15) is 109 Å². The molecule has 20 heteroatoms. The minimum atomic E-state index is -4.74. The van der Waals surface area contributed by atoms with E-state index in [0.717, 1.165) is 105 Å². The number of piperidine rings is 2. The molecule has 9 rings (SSSR count). The average molecular weight is 982 g/mol. The maximum Gasteiger partial charge on any atom is 0.419 e. The van der Waals surface area contributed by atoms with Gasteiger partial charge in [-0.15, -0.1) is 0 Å². The molecular weight excluding hydrogens is 924 g/mol.